The first-order valence-electron chi connectivity index (χ1n) is 10.4. The van der Waals surface area contributed by atoms with Crippen LogP contribution in [0.5, 0.6) is 0 Å². The van der Waals surface area contributed by atoms with Crippen LogP contribution in [0.3, 0.4) is 0 Å². The number of benzene rings is 2. The van der Waals surface area contributed by atoms with Crippen molar-refractivity contribution in [1.82, 2.24) is 4.90 Å². The number of nitrogens with zero attached hydrogens (tertiary/aromatic N) is 2. The van der Waals surface area contributed by atoms with Gasteiger partial charge in [-0.1, -0.05) is 18.2 Å². The van der Waals surface area contributed by atoms with Gasteiger partial charge in [0.2, 0.25) is 5.91 Å². The van der Waals surface area contributed by atoms with Crippen LogP contribution in [0.15, 0.2) is 54.6 Å². The molecule has 34 heavy (non-hydrogen) atoms. The Balaban J connectivity index is 0.000000509. The maximum Gasteiger partial charge on any atom is 0.490 e. The van der Waals surface area contributed by atoms with Crippen molar-refractivity contribution in [3.63, 3.8) is 0 Å². The Labute approximate surface area is 194 Å². The number of nitrogens with one attached hydrogen (secondary N) is 1. The number of carbonyl (C=O) groups excluding carboxylic acids is 2. The van der Waals surface area contributed by atoms with Crippen molar-refractivity contribution in [2.45, 2.75) is 12.6 Å². The van der Waals surface area contributed by atoms with Gasteiger partial charge in [0.15, 0.2) is 0 Å². The highest BCUT2D eigenvalue weighted by atomic mass is 19.4. The molecule has 0 atom stereocenters. The predicted molar refractivity (Wildman–Crippen MR) is 120 cm³/mol. The molecule has 0 aliphatic carbocycles. The number of carboxylic acids is 1. The molecule has 184 valence electrons. The Morgan fingerprint density at radius 1 is 0.971 bits per heavy atom. The predicted octanol–water partition coefficient (Wildman–Crippen LogP) is 3.26. The summed E-state index contributed by atoms with van der Waals surface area (Å²) >= 11 is 0. The number of carbonyl (C=O) groups is 3. The van der Waals surface area contributed by atoms with E-state index < -0.39 is 12.1 Å². The lowest BCUT2D eigenvalue weighted by atomic mass is 10.2. The van der Waals surface area contributed by atoms with Gasteiger partial charge in [0.1, 0.15) is 0 Å². The Morgan fingerprint density at radius 3 is 2.03 bits per heavy atom. The van der Waals surface area contributed by atoms with Gasteiger partial charge in [0.25, 0.3) is 0 Å². The molecule has 0 spiro atoms. The molecule has 2 N–H and O–H groups in total. The van der Waals surface area contributed by atoms with Crippen molar-refractivity contribution < 1.29 is 37.4 Å². The largest absolute Gasteiger partial charge is 0.490 e. The van der Waals surface area contributed by atoms with Crippen LogP contribution >= 0.6 is 0 Å². The number of piperazine rings is 1. The fourth-order valence-corrected chi connectivity index (χ4v) is 3.16. The third kappa shape index (κ3) is 8.74. The highest BCUT2D eigenvalue weighted by Gasteiger charge is 2.38. The van der Waals surface area contributed by atoms with Crippen LogP contribution in [-0.2, 0) is 14.3 Å². The summed E-state index contributed by atoms with van der Waals surface area (Å²) in [7, 11) is 1.34. The van der Waals surface area contributed by atoms with E-state index in [-0.39, 0.29) is 11.9 Å². The van der Waals surface area contributed by atoms with E-state index in [1.165, 1.54) is 12.8 Å². The second kappa shape index (κ2) is 12.6. The number of hydrogen-bond acceptors (Lipinski definition) is 6. The van der Waals surface area contributed by atoms with E-state index in [1.807, 2.05) is 6.07 Å². The molecule has 8 nitrogen and oxygen atoms in total. The lowest BCUT2D eigenvalue weighted by Crippen LogP contribution is -2.47. The molecule has 1 heterocycles. The van der Waals surface area contributed by atoms with Crippen molar-refractivity contribution in [2.24, 2.45) is 0 Å². The number of carboxylic acid groups (broad SMARTS) is 1. The van der Waals surface area contributed by atoms with Crippen LogP contribution in [0.1, 0.15) is 16.8 Å². The van der Waals surface area contributed by atoms with Gasteiger partial charge in [-0.05, 0) is 36.4 Å². The first kappa shape index (κ1) is 26.7. The van der Waals surface area contributed by atoms with E-state index in [1.54, 1.807) is 24.3 Å². The number of alkyl halides is 3. The number of ether oxygens (including phenoxy) is 1. The summed E-state index contributed by atoms with van der Waals surface area (Å²) in [5.74, 6) is -3.17. The van der Waals surface area contributed by atoms with Gasteiger partial charge in [-0.3, -0.25) is 9.69 Å². The number of methoxy groups -OCH3 is 1. The Bertz CT molecular complexity index is 945. The number of hydrogen-bond donors (Lipinski definition) is 2. The van der Waals surface area contributed by atoms with E-state index in [2.05, 4.69) is 44.1 Å². The molecule has 2 aromatic carbocycles. The minimum atomic E-state index is -5.08. The molecule has 0 radical (unpaired) electrons. The SMILES string of the molecule is COC(=O)c1ccc(NC(=O)CCN2CCN(c3ccccc3)CC2)cc1.O=C(O)C(F)(F)F. The molecular weight excluding hydrogens is 455 g/mol. The van der Waals surface area contributed by atoms with Crippen molar-refractivity contribution in [3.05, 3.63) is 60.2 Å². The Morgan fingerprint density at radius 2 is 1.53 bits per heavy atom. The number of esters is 1. The minimum Gasteiger partial charge on any atom is -0.475 e. The Kier molecular flexibility index (Phi) is 9.87. The van der Waals surface area contributed by atoms with Crippen LogP contribution < -0.4 is 10.2 Å². The summed E-state index contributed by atoms with van der Waals surface area (Å²) in [6.07, 6.45) is -4.63. The van der Waals surface area contributed by atoms with Crippen molar-refractivity contribution in [3.8, 4) is 0 Å². The van der Waals surface area contributed by atoms with Gasteiger partial charge in [0.05, 0.1) is 12.7 Å². The van der Waals surface area contributed by atoms with Gasteiger partial charge in [0, 0.05) is 50.5 Å². The lowest BCUT2D eigenvalue weighted by Gasteiger charge is -2.36. The molecule has 0 bridgehead atoms. The highest BCUT2D eigenvalue weighted by molar-refractivity contribution is 5.93. The molecule has 0 aromatic heterocycles. The molecule has 3 rings (SSSR count). The zero-order chi connectivity index (χ0) is 25.1. The maximum absolute atomic E-state index is 12.2. The normalized spacial score (nSPS) is 13.9. The van der Waals surface area contributed by atoms with E-state index in [0.717, 1.165) is 32.7 Å². The molecule has 1 fully saturated rings. The van der Waals surface area contributed by atoms with E-state index >= 15 is 0 Å². The quantitative estimate of drug-likeness (QED) is 0.611. The average Bonchev–Trinajstić information content (AvgIpc) is 2.83. The molecular formula is C23H26F3N3O5. The van der Waals surface area contributed by atoms with E-state index in [4.69, 9.17) is 9.90 Å². The molecule has 0 unspecified atom stereocenters. The monoisotopic (exact) mass is 481 g/mol. The van der Waals surface area contributed by atoms with Gasteiger partial charge in [-0.15, -0.1) is 0 Å². The second-order valence-electron chi connectivity index (χ2n) is 7.33. The summed E-state index contributed by atoms with van der Waals surface area (Å²) in [5, 5.41) is 10.00. The van der Waals surface area contributed by atoms with Crippen molar-refractivity contribution in [1.29, 1.82) is 0 Å². The number of para-hydroxylation sites is 1. The number of halogens is 3. The third-order valence-electron chi connectivity index (χ3n) is 4.98. The van der Waals surface area contributed by atoms with Crippen LogP contribution in [-0.4, -0.2) is 73.9 Å². The molecule has 1 saturated heterocycles. The lowest BCUT2D eigenvalue weighted by molar-refractivity contribution is -0.192. The summed E-state index contributed by atoms with van der Waals surface area (Å²) in [6.45, 7) is 4.60. The van der Waals surface area contributed by atoms with Crippen molar-refractivity contribution >= 4 is 29.2 Å². The van der Waals surface area contributed by atoms with Gasteiger partial charge in [-0.25, -0.2) is 9.59 Å². The average molecular weight is 481 g/mol. The van der Waals surface area contributed by atoms with Gasteiger partial charge < -0.3 is 20.1 Å². The topological polar surface area (TPSA) is 99.2 Å². The Hall–Kier alpha value is -3.60. The van der Waals surface area contributed by atoms with E-state index in [0.29, 0.717) is 17.7 Å². The van der Waals surface area contributed by atoms with E-state index in [9.17, 15) is 22.8 Å². The van der Waals surface area contributed by atoms with Crippen molar-refractivity contribution in [2.75, 3.05) is 50.1 Å². The number of amides is 1. The first-order valence-corrected chi connectivity index (χ1v) is 10.4. The van der Waals surface area contributed by atoms with Gasteiger partial charge in [-0.2, -0.15) is 13.2 Å². The van der Waals surface area contributed by atoms with Crippen LogP contribution in [0.2, 0.25) is 0 Å². The molecule has 2 aromatic rings. The number of anilines is 2. The molecule has 1 aliphatic heterocycles. The fraction of sp³-hybridized carbons (Fsp3) is 0.348. The summed E-state index contributed by atoms with van der Waals surface area (Å²) in [5.41, 5.74) is 2.40. The molecule has 1 amide bonds. The smallest absolute Gasteiger partial charge is 0.475 e. The van der Waals surface area contributed by atoms with Gasteiger partial charge >= 0.3 is 18.1 Å². The maximum atomic E-state index is 12.2. The standard InChI is InChI=1S/C21H25N3O3.C2HF3O2/c1-27-21(26)17-7-9-18(10-8-17)22-20(25)11-12-23-13-15-24(16-14-23)19-5-3-2-4-6-19;3-2(4,5)1(6)7/h2-10H,11-16H2,1H3,(H,22,25);(H,6,7). The minimum absolute atomic E-state index is 0.0219. The first-order chi connectivity index (χ1) is 16.1. The highest BCUT2D eigenvalue weighted by Crippen LogP contribution is 2.16. The summed E-state index contributed by atoms with van der Waals surface area (Å²) in [4.78, 5) is 37.2. The zero-order valence-corrected chi connectivity index (χ0v) is 18.5. The summed E-state index contributed by atoms with van der Waals surface area (Å²) in [6, 6.07) is 17.1. The molecule has 1 aliphatic rings. The second-order valence-corrected chi connectivity index (χ2v) is 7.33. The van der Waals surface area contributed by atoms with Crippen LogP contribution in [0.4, 0.5) is 24.5 Å². The zero-order valence-electron chi connectivity index (χ0n) is 18.5. The van der Waals surface area contributed by atoms with Crippen LogP contribution in [0.25, 0.3) is 0 Å². The summed E-state index contributed by atoms with van der Waals surface area (Å²) < 4.78 is 36.4. The molecule has 0 saturated carbocycles. The fourth-order valence-electron chi connectivity index (χ4n) is 3.16. The molecule has 11 heteroatoms. The van der Waals surface area contributed by atoms with Crippen LogP contribution in [0, 0.1) is 0 Å². The third-order valence-corrected chi connectivity index (χ3v) is 4.98. The number of rotatable bonds is 6. The number of aliphatic carboxylic acids is 1.